The van der Waals surface area contributed by atoms with Gasteiger partial charge in [0, 0.05) is 35.5 Å². The first-order valence-electron chi connectivity index (χ1n) is 10.3. The van der Waals surface area contributed by atoms with Crippen molar-refractivity contribution in [1.29, 1.82) is 0 Å². The van der Waals surface area contributed by atoms with Crippen molar-refractivity contribution in [2.45, 2.75) is 51.0 Å². The molecule has 1 fully saturated rings. The monoisotopic (exact) mass is 471 g/mol. The highest BCUT2D eigenvalue weighted by atomic mass is 79.9. The fraction of sp³-hybridized carbons (Fsp3) is 0.417. The number of likely N-dealkylation sites (tertiary alicyclic amines) is 1. The van der Waals surface area contributed by atoms with E-state index in [9.17, 15) is 14.7 Å². The van der Waals surface area contributed by atoms with Crippen molar-refractivity contribution in [3.63, 3.8) is 0 Å². The smallest absolute Gasteiger partial charge is 0.307 e. The van der Waals surface area contributed by atoms with Gasteiger partial charge in [-0.3, -0.25) is 9.59 Å². The largest absolute Gasteiger partial charge is 0.485 e. The zero-order chi connectivity index (χ0) is 21.5. The third-order valence-corrected chi connectivity index (χ3v) is 7.13. The van der Waals surface area contributed by atoms with E-state index in [2.05, 4.69) is 34.1 Å². The number of ether oxygens (including phenoxy) is 1. The van der Waals surface area contributed by atoms with Gasteiger partial charge in [-0.25, -0.2) is 0 Å². The van der Waals surface area contributed by atoms with Gasteiger partial charge in [0.15, 0.2) is 0 Å². The normalized spacial score (nSPS) is 19.6. The van der Waals surface area contributed by atoms with Crippen molar-refractivity contribution >= 4 is 27.8 Å². The molecule has 2 aromatic rings. The summed E-state index contributed by atoms with van der Waals surface area (Å²) < 4.78 is 7.51. The summed E-state index contributed by atoms with van der Waals surface area (Å²) in [7, 11) is 0. The van der Waals surface area contributed by atoms with E-state index in [1.807, 2.05) is 30.0 Å². The van der Waals surface area contributed by atoms with Crippen LogP contribution in [0.1, 0.15) is 54.5 Å². The fourth-order valence-corrected chi connectivity index (χ4v) is 5.38. The number of hydrogen-bond acceptors (Lipinski definition) is 3. The van der Waals surface area contributed by atoms with Crippen LogP contribution in [-0.4, -0.2) is 35.0 Å². The van der Waals surface area contributed by atoms with E-state index in [0.717, 1.165) is 53.5 Å². The Morgan fingerprint density at radius 2 is 1.97 bits per heavy atom. The van der Waals surface area contributed by atoms with Gasteiger partial charge in [-0.2, -0.15) is 0 Å². The van der Waals surface area contributed by atoms with Crippen molar-refractivity contribution < 1.29 is 19.4 Å². The Labute approximate surface area is 185 Å². The van der Waals surface area contributed by atoms with E-state index in [-0.39, 0.29) is 23.8 Å². The van der Waals surface area contributed by atoms with Crippen molar-refractivity contribution in [3.05, 3.63) is 63.1 Å². The second-order valence-electron chi connectivity index (χ2n) is 8.45. The Hall–Kier alpha value is -2.34. The van der Waals surface area contributed by atoms with E-state index < -0.39 is 5.97 Å². The summed E-state index contributed by atoms with van der Waals surface area (Å²) in [5.74, 6) is -0.0897. The Morgan fingerprint density at radius 3 is 2.63 bits per heavy atom. The van der Waals surface area contributed by atoms with Crippen molar-refractivity contribution in [1.82, 2.24) is 4.90 Å². The molecule has 5 nitrogen and oxygen atoms in total. The summed E-state index contributed by atoms with van der Waals surface area (Å²) in [5.41, 5.74) is 4.10. The number of carbonyl (C=O) groups excluding carboxylic acids is 1. The minimum Gasteiger partial charge on any atom is -0.485 e. The van der Waals surface area contributed by atoms with Crippen molar-refractivity contribution in [2.24, 2.45) is 0 Å². The first-order chi connectivity index (χ1) is 14.3. The van der Waals surface area contributed by atoms with E-state index in [1.165, 1.54) is 5.56 Å². The molecule has 1 unspecified atom stereocenters. The number of carboxylic acids is 1. The molecule has 1 heterocycles. The van der Waals surface area contributed by atoms with E-state index >= 15 is 0 Å². The van der Waals surface area contributed by atoms with E-state index in [4.69, 9.17) is 4.74 Å². The number of fused-ring (bicyclic) bond motifs is 2. The van der Waals surface area contributed by atoms with Crippen LogP contribution in [0.25, 0.3) is 0 Å². The second-order valence-corrected chi connectivity index (χ2v) is 9.37. The molecule has 158 valence electrons. The van der Waals surface area contributed by atoms with Gasteiger partial charge in [0.25, 0.3) is 0 Å². The van der Waals surface area contributed by atoms with E-state index in [1.54, 1.807) is 6.92 Å². The number of amides is 1. The topological polar surface area (TPSA) is 66.8 Å². The maximum absolute atomic E-state index is 11.8. The van der Waals surface area contributed by atoms with Gasteiger partial charge in [-0.05, 0) is 61.1 Å². The Morgan fingerprint density at radius 1 is 1.23 bits per heavy atom. The van der Waals surface area contributed by atoms with Gasteiger partial charge < -0.3 is 14.7 Å². The molecule has 1 spiro atoms. The quantitative estimate of drug-likeness (QED) is 0.695. The number of nitrogens with zero attached hydrogens (tertiary/aromatic N) is 1. The highest BCUT2D eigenvalue weighted by Gasteiger charge is 2.47. The molecule has 1 amide bonds. The Kier molecular flexibility index (Phi) is 5.62. The van der Waals surface area contributed by atoms with Crippen LogP contribution in [0, 0.1) is 6.92 Å². The number of piperidine rings is 1. The molecule has 1 N–H and O–H groups in total. The number of carbonyl (C=O) groups is 2. The predicted molar refractivity (Wildman–Crippen MR) is 118 cm³/mol. The summed E-state index contributed by atoms with van der Waals surface area (Å²) in [6, 6.07) is 12.1. The highest BCUT2D eigenvalue weighted by Crippen LogP contribution is 2.53. The number of hydrogen-bond donors (Lipinski definition) is 1. The molecule has 0 bridgehead atoms. The van der Waals surface area contributed by atoms with Crippen molar-refractivity contribution in [2.75, 3.05) is 13.1 Å². The van der Waals surface area contributed by atoms with Crippen molar-refractivity contribution in [3.8, 4) is 5.75 Å². The molecule has 0 aromatic heterocycles. The van der Waals surface area contributed by atoms with Crippen LogP contribution in [0.15, 0.2) is 40.9 Å². The van der Waals surface area contributed by atoms with E-state index in [0.29, 0.717) is 5.75 Å². The number of rotatable bonds is 4. The Balaban J connectivity index is 1.67. The molecule has 1 saturated heterocycles. The van der Waals surface area contributed by atoms with Crippen LogP contribution < -0.4 is 4.74 Å². The third-order valence-electron chi connectivity index (χ3n) is 6.64. The van der Waals surface area contributed by atoms with Crippen LogP contribution in [0.4, 0.5) is 0 Å². The number of halogens is 1. The molecule has 0 radical (unpaired) electrons. The van der Waals surface area contributed by atoms with Gasteiger partial charge in [-0.1, -0.05) is 34.1 Å². The fourth-order valence-electron chi connectivity index (χ4n) is 5.00. The van der Waals surface area contributed by atoms with Crippen LogP contribution in [0.2, 0.25) is 0 Å². The molecule has 2 aromatic carbocycles. The SMILES string of the molecule is CC(=O)N1CCC2(CC1)CC(Oc1cccc(C)c1CC(=O)O)c1cc(Br)ccc12. The zero-order valence-corrected chi connectivity index (χ0v) is 18.9. The molecule has 4 rings (SSSR count). The van der Waals surface area contributed by atoms with Gasteiger partial charge in [0.05, 0.1) is 6.42 Å². The van der Waals surface area contributed by atoms with Gasteiger partial charge in [0.1, 0.15) is 11.9 Å². The van der Waals surface area contributed by atoms with Crippen LogP contribution in [-0.2, 0) is 21.4 Å². The first-order valence-corrected chi connectivity index (χ1v) is 11.1. The third kappa shape index (κ3) is 3.85. The molecule has 6 heteroatoms. The molecular weight excluding hydrogens is 446 g/mol. The molecular formula is C24H26BrNO4. The minimum atomic E-state index is -0.864. The lowest BCUT2D eigenvalue weighted by atomic mass is 9.73. The average molecular weight is 472 g/mol. The van der Waals surface area contributed by atoms with Crippen LogP contribution in [0.5, 0.6) is 5.75 Å². The number of aryl methyl sites for hydroxylation is 1. The molecule has 30 heavy (non-hydrogen) atoms. The summed E-state index contributed by atoms with van der Waals surface area (Å²) in [6.45, 7) is 5.06. The molecule has 0 saturated carbocycles. The summed E-state index contributed by atoms with van der Waals surface area (Å²) in [5, 5.41) is 9.35. The molecule has 1 aliphatic heterocycles. The Bertz CT molecular complexity index is 995. The zero-order valence-electron chi connectivity index (χ0n) is 17.3. The first kappa shape index (κ1) is 20.9. The van der Waals surface area contributed by atoms with Gasteiger partial charge in [-0.15, -0.1) is 0 Å². The number of aliphatic carboxylic acids is 1. The minimum absolute atomic E-state index is 0.0105. The van der Waals surface area contributed by atoms with Crippen LogP contribution in [0.3, 0.4) is 0 Å². The standard InChI is InChI=1S/C24H26BrNO4/c1-15-4-3-5-21(18(15)13-23(28)29)30-22-14-24(8-10-26(11-9-24)16(2)27)20-7-6-17(25)12-19(20)22/h3-7,12,22H,8-11,13-14H2,1-2H3,(H,28,29). The lowest BCUT2D eigenvalue weighted by molar-refractivity contribution is -0.136. The molecule has 2 aliphatic rings. The number of benzene rings is 2. The molecule has 1 aliphatic carbocycles. The van der Waals surface area contributed by atoms with Gasteiger partial charge in [0.2, 0.25) is 5.91 Å². The van der Waals surface area contributed by atoms with Gasteiger partial charge >= 0.3 is 5.97 Å². The average Bonchev–Trinajstić information content (AvgIpc) is 2.97. The summed E-state index contributed by atoms with van der Waals surface area (Å²) in [4.78, 5) is 25.1. The number of carboxylic acid groups (broad SMARTS) is 1. The maximum Gasteiger partial charge on any atom is 0.307 e. The predicted octanol–water partition coefficient (Wildman–Crippen LogP) is 4.79. The summed E-state index contributed by atoms with van der Waals surface area (Å²) in [6.07, 6.45) is 2.47. The second kappa shape index (κ2) is 8.06. The lowest BCUT2D eigenvalue weighted by Gasteiger charge is -2.40. The van der Waals surface area contributed by atoms with Crippen LogP contribution >= 0.6 is 15.9 Å². The lowest BCUT2D eigenvalue weighted by Crippen LogP contribution is -2.43. The maximum atomic E-state index is 11.8. The molecule has 1 atom stereocenters. The highest BCUT2D eigenvalue weighted by molar-refractivity contribution is 9.10. The summed E-state index contributed by atoms with van der Waals surface area (Å²) >= 11 is 3.59.